The summed E-state index contributed by atoms with van der Waals surface area (Å²) >= 11 is 0. The van der Waals surface area contributed by atoms with Gasteiger partial charge in [-0.1, -0.05) is 12.2 Å². The maximum atomic E-state index is 12.6. The van der Waals surface area contributed by atoms with Gasteiger partial charge < -0.3 is 9.67 Å². The van der Waals surface area contributed by atoms with Gasteiger partial charge in [0, 0.05) is 36.6 Å². The number of aryl methyl sites for hydroxylation is 1. The molecule has 128 valence electrons. The molecule has 0 atom stereocenters. The molecule has 2 heterocycles. The lowest BCUT2D eigenvalue weighted by molar-refractivity contribution is -0.141. The van der Waals surface area contributed by atoms with Gasteiger partial charge in [0.15, 0.2) is 0 Å². The van der Waals surface area contributed by atoms with Crippen LogP contribution < -0.4 is 0 Å². The fourth-order valence-corrected chi connectivity index (χ4v) is 2.18. The molecule has 0 unspecified atom stereocenters. The van der Waals surface area contributed by atoms with E-state index in [0.717, 1.165) is 18.0 Å². The molecule has 0 amide bonds. The van der Waals surface area contributed by atoms with E-state index in [0.29, 0.717) is 24.4 Å². The van der Waals surface area contributed by atoms with Crippen LogP contribution in [0.25, 0.3) is 11.4 Å². The molecule has 0 bridgehead atoms. The van der Waals surface area contributed by atoms with Crippen molar-refractivity contribution in [2.24, 2.45) is 0 Å². The van der Waals surface area contributed by atoms with Crippen LogP contribution in [-0.4, -0.2) is 19.6 Å². The molecular formula is C17H18F3N3O. The van der Waals surface area contributed by atoms with E-state index < -0.39 is 11.9 Å². The predicted molar refractivity (Wildman–Crippen MR) is 85.3 cm³/mol. The number of pyridine rings is 1. The lowest BCUT2D eigenvalue weighted by Crippen LogP contribution is -2.08. The third-order valence-corrected chi connectivity index (χ3v) is 3.44. The summed E-state index contributed by atoms with van der Waals surface area (Å²) in [5.41, 5.74) is 0.407. The van der Waals surface area contributed by atoms with Gasteiger partial charge >= 0.3 is 6.18 Å². The highest BCUT2D eigenvalue weighted by Crippen LogP contribution is 2.29. The molecule has 0 spiro atoms. The smallest absolute Gasteiger partial charge is 0.433 e. The third kappa shape index (κ3) is 4.24. The topological polar surface area (TPSA) is 50.9 Å². The number of alkyl halides is 3. The standard InChI is InChI=1S/C17H18F3N3O/c1-3-4-5-14(24)8-9-23-12(2)10-22-16(23)13-6-7-15(21-11-13)17(18,19)20/h3-7,10-11,24H,8-9H2,1-2H3/b4-3-,14-5+. The second kappa shape index (κ2) is 7.33. The summed E-state index contributed by atoms with van der Waals surface area (Å²) in [6, 6.07) is 2.29. The number of rotatable bonds is 5. The number of halogens is 3. The molecule has 1 N–H and O–H groups in total. The Morgan fingerprint density at radius 2 is 2.00 bits per heavy atom. The number of imidazole rings is 1. The van der Waals surface area contributed by atoms with E-state index in [2.05, 4.69) is 9.97 Å². The van der Waals surface area contributed by atoms with Crippen molar-refractivity contribution in [1.82, 2.24) is 14.5 Å². The van der Waals surface area contributed by atoms with E-state index in [4.69, 9.17) is 0 Å². The van der Waals surface area contributed by atoms with Crippen LogP contribution in [0.15, 0.2) is 48.5 Å². The first-order chi connectivity index (χ1) is 11.3. The molecule has 0 aliphatic rings. The second-order valence-electron chi connectivity index (χ2n) is 5.24. The minimum Gasteiger partial charge on any atom is -0.512 e. The van der Waals surface area contributed by atoms with Crippen LogP contribution in [0.3, 0.4) is 0 Å². The summed E-state index contributed by atoms with van der Waals surface area (Å²) in [7, 11) is 0. The average molecular weight is 337 g/mol. The highest BCUT2D eigenvalue weighted by molar-refractivity contribution is 5.55. The molecule has 7 heteroatoms. The summed E-state index contributed by atoms with van der Waals surface area (Å²) in [6.07, 6.45) is 3.87. The number of hydrogen-bond acceptors (Lipinski definition) is 3. The molecule has 0 radical (unpaired) electrons. The van der Waals surface area contributed by atoms with Crippen molar-refractivity contribution in [3.63, 3.8) is 0 Å². The van der Waals surface area contributed by atoms with Crippen LogP contribution in [-0.2, 0) is 12.7 Å². The van der Waals surface area contributed by atoms with Gasteiger partial charge in [-0.05, 0) is 32.1 Å². The monoisotopic (exact) mass is 337 g/mol. The summed E-state index contributed by atoms with van der Waals surface area (Å²) in [5.74, 6) is 0.741. The summed E-state index contributed by atoms with van der Waals surface area (Å²) < 4.78 is 39.6. The molecule has 4 nitrogen and oxygen atoms in total. The number of aromatic nitrogens is 3. The van der Waals surface area contributed by atoms with Gasteiger partial charge in [-0.15, -0.1) is 0 Å². The van der Waals surface area contributed by atoms with Crippen LogP contribution in [0.4, 0.5) is 13.2 Å². The maximum absolute atomic E-state index is 12.6. The average Bonchev–Trinajstić information content (AvgIpc) is 2.91. The first-order valence-electron chi connectivity index (χ1n) is 7.39. The Bertz CT molecular complexity index is 743. The van der Waals surface area contributed by atoms with Crippen LogP contribution in [0.1, 0.15) is 24.7 Å². The first kappa shape index (κ1) is 17.8. The highest BCUT2D eigenvalue weighted by atomic mass is 19.4. The Morgan fingerprint density at radius 1 is 1.25 bits per heavy atom. The Kier molecular flexibility index (Phi) is 5.43. The molecule has 0 aliphatic heterocycles. The fraction of sp³-hybridized carbons (Fsp3) is 0.294. The van der Waals surface area contributed by atoms with E-state index in [9.17, 15) is 18.3 Å². The fourth-order valence-electron chi connectivity index (χ4n) is 2.18. The highest BCUT2D eigenvalue weighted by Gasteiger charge is 2.32. The van der Waals surface area contributed by atoms with Gasteiger partial charge in [-0.3, -0.25) is 4.98 Å². The molecule has 0 saturated heterocycles. The van der Waals surface area contributed by atoms with E-state index >= 15 is 0 Å². The summed E-state index contributed by atoms with van der Waals surface area (Å²) in [6.45, 7) is 4.16. The van der Waals surface area contributed by atoms with Gasteiger partial charge in [0.25, 0.3) is 0 Å². The predicted octanol–water partition coefficient (Wildman–Crippen LogP) is 4.68. The zero-order chi connectivity index (χ0) is 17.7. The van der Waals surface area contributed by atoms with Gasteiger partial charge in [0.2, 0.25) is 0 Å². The minimum atomic E-state index is -4.47. The van der Waals surface area contributed by atoms with E-state index in [1.165, 1.54) is 6.07 Å². The number of allylic oxidation sites excluding steroid dienone is 4. The van der Waals surface area contributed by atoms with E-state index in [1.54, 1.807) is 24.4 Å². The van der Waals surface area contributed by atoms with Gasteiger partial charge in [0.05, 0.1) is 5.76 Å². The largest absolute Gasteiger partial charge is 0.512 e. The van der Waals surface area contributed by atoms with Crippen molar-refractivity contribution in [3.8, 4) is 11.4 Å². The first-order valence-corrected chi connectivity index (χ1v) is 7.39. The SMILES string of the molecule is C/C=C\C=C(\O)CCn1c(C)cnc1-c1ccc(C(F)(F)F)nc1. The minimum absolute atomic E-state index is 0.220. The zero-order valence-corrected chi connectivity index (χ0v) is 13.4. The molecule has 2 aromatic rings. The van der Waals surface area contributed by atoms with Crippen LogP contribution in [0.5, 0.6) is 0 Å². The summed E-state index contributed by atoms with van der Waals surface area (Å²) in [4.78, 5) is 7.71. The van der Waals surface area contributed by atoms with Crippen molar-refractivity contribution in [2.75, 3.05) is 0 Å². The molecular weight excluding hydrogens is 319 g/mol. The Balaban J connectivity index is 2.23. The molecule has 0 aromatic carbocycles. The maximum Gasteiger partial charge on any atom is 0.433 e. The number of aliphatic hydroxyl groups is 1. The van der Waals surface area contributed by atoms with Crippen LogP contribution >= 0.6 is 0 Å². The molecule has 2 aromatic heterocycles. The Labute approximate surface area is 138 Å². The van der Waals surface area contributed by atoms with Gasteiger partial charge in [0.1, 0.15) is 11.5 Å². The van der Waals surface area contributed by atoms with Crippen molar-refractivity contribution in [1.29, 1.82) is 0 Å². The van der Waals surface area contributed by atoms with Crippen LogP contribution in [0.2, 0.25) is 0 Å². The zero-order valence-electron chi connectivity index (χ0n) is 13.4. The molecule has 24 heavy (non-hydrogen) atoms. The van der Waals surface area contributed by atoms with Gasteiger partial charge in [-0.2, -0.15) is 13.2 Å². The second-order valence-corrected chi connectivity index (χ2v) is 5.24. The summed E-state index contributed by atoms with van der Waals surface area (Å²) in [5, 5.41) is 9.80. The van der Waals surface area contributed by atoms with E-state index in [1.807, 2.05) is 18.4 Å². The van der Waals surface area contributed by atoms with Crippen molar-refractivity contribution in [2.45, 2.75) is 33.0 Å². The lowest BCUT2D eigenvalue weighted by atomic mass is 10.2. The molecule has 2 rings (SSSR count). The quantitative estimate of drug-likeness (QED) is 0.636. The van der Waals surface area contributed by atoms with Crippen molar-refractivity contribution < 1.29 is 18.3 Å². The number of hydrogen-bond donors (Lipinski definition) is 1. The van der Waals surface area contributed by atoms with Crippen LogP contribution in [0, 0.1) is 6.92 Å². The van der Waals surface area contributed by atoms with Gasteiger partial charge in [-0.25, -0.2) is 4.98 Å². The number of aliphatic hydroxyl groups excluding tert-OH is 1. The van der Waals surface area contributed by atoms with Crippen molar-refractivity contribution >= 4 is 0 Å². The lowest BCUT2D eigenvalue weighted by Gasteiger charge is -2.11. The number of nitrogens with zero attached hydrogens (tertiary/aromatic N) is 3. The normalized spacial score (nSPS) is 13.0. The molecule has 0 saturated carbocycles. The third-order valence-electron chi connectivity index (χ3n) is 3.44. The van der Waals surface area contributed by atoms with E-state index in [-0.39, 0.29) is 5.76 Å². The van der Waals surface area contributed by atoms with Crippen molar-refractivity contribution in [3.05, 3.63) is 59.9 Å². The Hall–Kier alpha value is -2.57. The molecule has 0 fully saturated rings. The molecule has 0 aliphatic carbocycles. The Morgan fingerprint density at radius 3 is 2.58 bits per heavy atom.